The number of carbonyl (C=O) groups is 1. The van der Waals surface area contributed by atoms with Crippen molar-refractivity contribution in [2.24, 2.45) is 0 Å². The number of nitrogens with zero attached hydrogens (tertiary/aromatic N) is 1. The largest absolute Gasteiger partial charge is 0.444 e. The quantitative estimate of drug-likeness (QED) is 0.879. The van der Waals surface area contributed by atoms with E-state index in [0.29, 0.717) is 30.1 Å². The van der Waals surface area contributed by atoms with Gasteiger partial charge in [0.05, 0.1) is 5.75 Å². The van der Waals surface area contributed by atoms with Crippen LogP contribution < -0.4 is 4.72 Å². The second-order valence-corrected chi connectivity index (χ2v) is 9.11. The van der Waals surface area contributed by atoms with Gasteiger partial charge in [-0.25, -0.2) is 17.9 Å². The SMILES string of the molecule is CC(C)(C)OC(=O)N1CC[C@H](NS(=O)(=O)Cc2cccc(Cl)c2)C1. The minimum Gasteiger partial charge on any atom is -0.444 e. The van der Waals surface area contributed by atoms with Crippen LogP contribution in [-0.4, -0.2) is 44.1 Å². The number of ether oxygens (including phenoxy) is 1. The molecule has 0 saturated carbocycles. The maximum Gasteiger partial charge on any atom is 0.410 e. The summed E-state index contributed by atoms with van der Waals surface area (Å²) in [6.45, 7) is 6.17. The molecule has 1 aliphatic heterocycles. The lowest BCUT2D eigenvalue weighted by molar-refractivity contribution is 0.0292. The summed E-state index contributed by atoms with van der Waals surface area (Å²) < 4.78 is 32.5. The number of rotatable bonds is 4. The number of halogens is 1. The molecule has 0 radical (unpaired) electrons. The van der Waals surface area contributed by atoms with Crippen molar-refractivity contribution in [3.05, 3.63) is 34.9 Å². The molecular weight excluding hydrogens is 352 g/mol. The van der Waals surface area contributed by atoms with Crippen molar-refractivity contribution in [2.75, 3.05) is 13.1 Å². The molecule has 1 saturated heterocycles. The third-order valence-corrected chi connectivity index (χ3v) is 5.07. The van der Waals surface area contributed by atoms with E-state index in [0.717, 1.165) is 0 Å². The van der Waals surface area contributed by atoms with Gasteiger partial charge in [0.2, 0.25) is 10.0 Å². The highest BCUT2D eigenvalue weighted by Gasteiger charge is 2.31. The van der Waals surface area contributed by atoms with Crippen molar-refractivity contribution in [2.45, 2.75) is 44.6 Å². The molecule has 1 fully saturated rings. The Morgan fingerprint density at radius 2 is 2.12 bits per heavy atom. The van der Waals surface area contributed by atoms with Crippen molar-refractivity contribution in [1.82, 2.24) is 9.62 Å². The van der Waals surface area contributed by atoms with E-state index in [1.165, 1.54) is 4.90 Å². The van der Waals surface area contributed by atoms with E-state index in [1.54, 1.807) is 45.0 Å². The highest BCUT2D eigenvalue weighted by molar-refractivity contribution is 7.88. The van der Waals surface area contributed by atoms with Crippen LogP contribution in [0.15, 0.2) is 24.3 Å². The Bertz CT molecular complexity index is 700. The summed E-state index contributed by atoms with van der Waals surface area (Å²) >= 11 is 5.88. The number of nitrogens with one attached hydrogen (secondary N) is 1. The Morgan fingerprint density at radius 3 is 2.75 bits per heavy atom. The van der Waals surface area contributed by atoms with Gasteiger partial charge in [0.1, 0.15) is 5.60 Å². The van der Waals surface area contributed by atoms with Crippen LogP contribution in [0.3, 0.4) is 0 Å². The van der Waals surface area contributed by atoms with Crippen LogP contribution >= 0.6 is 11.6 Å². The Kier molecular flexibility index (Phi) is 5.78. The molecule has 8 heteroatoms. The fraction of sp³-hybridized carbons (Fsp3) is 0.562. The van der Waals surface area contributed by atoms with Crippen LogP contribution in [0.4, 0.5) is 4.79 Å². The van der Waals surface area contributed by atoms with E-state index in [4.69, 9.17) is 16.3 Å². The first kappa shape index (κ1) is 19.0. The first-order valence-corrected chi connectivity index (χ1v) is 9.79. The van der Waals surface area contributed by atoms with E-state index in [2.05, 4.69) is 4.72 Å². The first-order chi connectivity index (χ1) is 11.0. The zero-order valence-corrected chi connectivity index (χ0v) is 15.7. The highest BCUT2D eigenvalue weighted by atomic mass is 35.5. The van der Waals surface area contributed by atoms with Gasteiger partial charge < -0.3 is 9.64 Å². The summed E-state index contributed by atoms with van der Waals surface area (Å²) in [5.41, 5.74) is 0.0540. The molecule has 2 rings (SSSR count). The van der Waals surface area contributed by atoms with Crippen LogP contribution in [-0.2, 0) is 20.5 Å². The number of likely N-dealkylation sites (tertiary alicyclic amines) is 1. The minimum atomic E-state index is -3.51. The van der Waals surface area contributed by atoms with Gasteiger partial charge in [0, 0.05) is 24.2 Å². The van der Waals surface area contributed by atoms with Crippen LogP contribution in [0.1, 0.15) is 32.8 Å². The Balaban J connectivity index is 1.91. The topological polar surface area (TPSA) is 75.7 Å². The third-order valence-electron chi connectivity index (χ3n) is 3.43. The third kappa shape index (κ3) is 5.96. The normalized spacial score (nSPS) is 18.7. The number of hydrogen-bond acceptors (Lipinski definition) is 4. The molecule has 1 amide bonds. The summed E-state index contributed by atoms with van der Waals surface area (Å²) in [5, 5.41) is 0.500. The maximum absolute atomic E-state index is 12.3. The number of carbonyl (C=O) groups excluding carboxylic acids is 1. The molecule has 0 unspecified atom stereocenters. The van der Waals surface area contributed by atoms with Crippen LogP contribution in [0.2, 0.25) is 5.02 Å². The van der Waals surface area contributed by atoms with Crippen LogP contribution in [0, 0.1) is 0 Å². The smallest absolute Gasteiger partial charge is 0.410 e. The molecule has 1 atom stereocenters. The minimum absolute atomic E-state index is 0.142. The summed E-state index contributed by atoms with van der Waals surface area (Å²) in [6, 6.07) is 6.45. The van der Waals surface area contributed by atoms with E-state index < -0.39 is 21.7 Å². The molecule has 1 aromatic carbocycles. The lowest BCUT2D eigenvalue weighted by atomic mass is 10.2. The monoisotopic (exact) mass is 374 g/mol. The van der Waals surface area contributed by atoms with E-state index >= 15 is 0 Å². The Labute approximate surface area is 148 Å². The van der Waals surface area contributed by atoms with Gasteiger partial charge in [-0.15, -0.1) is 0 Å². The molecule has 0 aromatic heterocycles. The van der Waals surface area contributed by atoms with Crippen molar-refractivity contribution >= 4 is 27.7 Å². The molecule has 1 N–H and O–H groups in total. The van der Waals surface area contributed by atoms with Crippen molar-refractivity contribution in [1.29, 1.82) is 0 Å². The second kappa shape index (κ2) is 7.29. The Hall–Kier alpha value is -1.31. The highest BCUT2D eigenvalue weighted by Crippen LogP contribution is 2.17. The summed E-state index contributed by atoms with van der Waals surface area (Å²) in [6.07, 6.45) is 0.146. The number of amides is 1. The number of benzene rings is 1. The molecular formula is C16H23ClN2O4S. The molecule has 1 aromatic rings. The fourth-order valence-corrected chi connectivity index (χ4v) is 4.11. The summed E-state index contributed by atoms with van der Waals surface area (Å²) in [7, 11) is -3.51. The predicted molar refractivity (Wildman–Crippen MR) is 93.4 cm³/mol. The van der Waals surface area contributed by atoms with Crippen LogP contribution in [0.25, 0.3) is 0 Å². The van der Waals surface area contributed by atoms with Gasteiger partial charge >= 0.3 is 6.09 Å². The molecule has 6 nitrogen and oxygen atoms in total. The summed E-state index contributed by atoms with van der Waals surface area (Å²) in [5.74, 6) is -0.142. The molecule has 0 bridgehead atoms. The van der Waals surface area contributed by atoms with Gasteiger partial charge in [0.15, 0.2) is 0 Å². The van der Waals surface area contributed by atoms with Gasteiger partial charge in [-0.2, -0.15) is 0 Å². The molecule has 0 spiro atoms. The van der Waals surface area contributed by atoms with Gasteiger partial charge in [-0.3, -0.25) is 0 Å². The maximum atomic E-state index is 12.3. The average molecular weight is 375 g/mol. The molecule has 1 heterocycles. The van der Waals surface area contributed by atoms with Crippen LogP contribution in [0.5, 0.6) is 0 Å². The summed E-state index contributed by atoms with van der Waals surface area (Å²) in [4.78, 5) is 13.5. The fourth-order valence-electron chi connectivity index (χ4n) is 2.49. The first-order valence-electron chi connectivity index (χ1n) is 7.76. The lowest BCUT2D eigenvalue weighted by Crippen LogP contribution is -2.40. The predicted octanol–water partition coefficient (Wildman–Crippen LogP) is 2.77. The van der Waals surface area contributed by atoms with Crippen molar-refractivity contribution in [3.63, 3.8) is 0 Å². The standard InChI is InChI=1S/C16H23ClN2O4S/c1-16(2,3)23-15(20)19-8-7-14(10-19)18-24(21,22)11-12-5-4-6-13(17)9-12/h4-6,9,14,18H,7-8,10-11H2,1-3H3/t14-/m0/s1. The molecule has 0 aliphatic carbocycles. The van der Waals surface area contributed by atoms with E-state index in [-0.39, 0.29) is 11.8 Å². The van der Waals surface area contributed by atoms with E-state index in [1.807, 2.05) is 0 Å². The van der Waals surface area contributed by atoms with Gasteiger partial charge in [-0.1, -0.05) is 23.7 Å². The lowest BCUT2D eigenvalue weighted by Gasteiger charge is -2.24. The van der Waals surface area contributed by atoms with Crippen molar-refractivity contribution in [3.8, 4) is 0 Å². The van der Waals surface area contributed by atoms with Gasteiger partial charge in [0.25, 0.3) is 0 Å². The van der Waals surface area contributed by atoms with Gasteiger partial charge in [-0.05, 0) is 44.9 Å². The van der Waals surface area contributed by atoms with Crippen molar-refractivity contribution < 1.29 is 17.9 Å². The average Bonchev–Trinajstić information content (AvgIpc) is 2.83. The Morgan fingerprint density at radius 1 is 1.42 bits per heavy atom. The number of hydrogen-bond donors (Lipinski definition) is 1. The molecule has 1 aliphatic rings. The zero-order valence-electron chi connectivity index (χ0n) is 14.1. The van der Waals surface area contributed by atoms with E-state index in [9.17, 15) is 13.2 Å². The zero-order chi connectivity index (χ0) is 18.0. The number of sulfonamides is 1. The second-order valence-electron chi connectivity index (χ2n) is 6.92. The molecule has 24 heavy (non-hydrogen) atoms. The molecule has 134 valence electrons.